The summed E-state index contributed by atoms with van der Waals surface area (Å²) in [5, 5.41) is -1.27. The molecule has 88 valence electrons. The molecule has 0 radical (unpaired) electrons. The maximum absolute atomic E-state index is 11.9. The largest absolute Gasteiger partial charge is 0.523 e. The Balaban J connectivity index is 2.78. The molecule has 0 spiro atoms. The van der Waals surface area contributed by atoms with Crippen LogP contribution in [0.2, 0.25) is 0 Å². The highest BCUT2D eigenvalue weighted by Crippen LogP contribution is 2.32. The second-order valence-corrected chi connectivity index (χ2v) is 3.89. The normalized spacial score (nSPS) is 13.6. The molecule has 1 unspecified atom stereocenters. The van der Waals surface area contributed by atoms with Crippen molar-refractivity contribution in [1.82, 2.24) is 0 Å². The van der Waals surface area contributed by atoms with Crippen LogP contribution in [0.25, 0.3) is 0 Å². The van der Waals surface area contributed by atoms with Crippen LogP contribution in [0.1, 0.15) is 27.9 Å². The van der Waals surface area contributed by atoms with Gasteiger partial charge in [-0.2, -0.15) is 0 Å². The van der Waals surface area contributed by atoms with Crippen molar-refractivity contribution in [3.05, 3.63) is 35.4 Å². The lowest BCUT2D eigenvalue weighted by Crippen LogP contribution is -2.14. The minimum Gasteiger partial charge on any atom is -0.295 e. The van der Waals surface area contributed by atoms with Crippen LogP contribution in [0.4, 0.5) is 13.2 Å². The summed E-state index contributed by atoms with van der Waals surface area (Å²) in [7, 11) is 0. The van der Waals surface area contributed by atoms with Crippen LogP contribution >= 0.6 is 15.9 Å². The lowest BCUT2D eigenvalue weighted by atomic mass is 10.1. The van der Waals surface area contributed by atoms with Gasteiger partial charge < -0.3 is 0 Å². The molecule has 0 aliphatic rings. The van der Waals surface area contributed by atoms with Gasteiger partial charge in [-0.1, -0.05) is 40.2 Å². The van der Waals surface area contributed by atoms with Crippen LogP contribution < -0.4 is 0 Å². The van der Waals surface area contributed by atoms with E-state index in [1.807, 2.05) is 0 Å². The highest BCUT2D eigenvalue weighted by molar-refractivity contribution is 9.09. The van der Waals surface area contributed by atoms with Gasteiger partial charge in [0.25, 0.3) is 0 Å². The Kier molecular flexibility index (Phi) is 4.09. The van der Waals surface area contributed by atoms with Gasteiger partial charge in [-0.3, -0.25) is 9.53 Å². The van der Waals surface area contributed by atoms with E-state index in [4.69, 9.17) is 0 Å². The van der Waals surface area contributed by atoms with E-state index in [1.165, 1.54) is 31.2 Å². The van der Waals surface area contributed by atoms with Crippen LogP contribution in [-0.2, 0) is 4.74 Å². The molecule has 0 N–H and O–H groups in total. The standard InChI is InChI=1S/C10H8BrF3O2/c1-6(15)7-2-4-8(5-3-7)9(11)16-10(12,13)14/h2-5,9H,1H3. The van der Waals surface area contributed by atoms with E-state index < -0.39 is 11.4 Å². The van der Waals surface area contributed by atoms with Crippen molar-refractivity contribution in [2.75, 3.05) is 0 Å². The summed E-state index contributed by atoms with van der Waals surface area (Å²) in [6.45, 7) is 1.38. The van der Waals surface area contributed by atoms with Crippen molar-refractivity contribution in [1.29, 1.82) is 0 Å². The summed E-state index contributed by atoms with van der Waals surface area (Å²) in [4.78, 5) is 10.9. The van der Waals surface area contributed by atoms with Gasteiger partial charge >= 0.3 is 6.36 Å². The first-order chi connectivity index (χ1) is 7.29. The Labute approximate surface area is 98.5 Å². The molecule has 1 aromatic carbocycles. The van der Waals surface area contributed by atoms with Crippen molar-refractivity contribution < 1.29 is 22.7 Å². The Morgan fingerprint density at radius 2 is 1.81 bits per heavy atom. The zero-order chi connectivity index (χ0) is 12.3. The van der Waals surface area contributed by atoms with Crippen LogP contribution in [-0.4, -0.2) is 12.1 Å². The number of benzene rings is 1. The molecule has 2 nitrogen and oxygen atoms in total. The van der Waals surface area contributed by atoms with Crippen molar-refractivity contribution in [2.45, 2.75) is 18.3 Å². The molecule has 1 atom stereocenters. The van der Waals surface area contributed by atoms with Gasteiger partial charge in [0, 0.05) is 5.56 Å². The molecular formula is C10H8BrF3O2. The van der Waals surface area contributed by atoms with Crippen molar-refractivity contribution in [3.8, 4) is 0 Å². The minimum absolute atomic E-state index is 0.144. The third kappa shape index (κ3) is 3.94. The monoisotopic (exact) mass is 296 g/mol. The molecule has 0 saturated carbocycles. The van der Waals surface area contributed by atoms with E-state index in [2.05, 4.69) is 20.7 Å². The second-order valence-electron chi connectivity index (χ2n) is 3.06. The Morgan fingerprint density at radius 3 is 2.19 bits per heavy atom. The van der Waals surface area contributed by atoms with E-state index in [0.717, 1.165) is 0 Å². The quantitative estimate of drug-likeness (QED) is 0.626. The molecule has 0 aromatic heterocycles. The van der Waals surface area contributed by atoms with Crippen LogP contribution in [0.15, 0.2) is 24.3 Å². The minimum atomic E-state index is -4.70. The summed E-state index contributed by atoms with van der Waals surface area (Å²) in [6, 6.07) is 5.71. The van der Waals surface area contributed by atoms with Gasteiger partial charge in [0.15, 0.2) is 5.78 Å². The lowest BCUT2D eigenvalue weighted by molar-refractivity contribution is -0.330. The molecule has 0 saturated heterocycles. The third-order valence-corrected chi connectivity index (χ3v) is 2.53. The molecule has 0 aliphatic heterocycles. The number of alkyl halides is 4. The predicted octanol–water partition coefficient (Wildman–Crippen LogP) is 3.82. The fourth-order valence-electron chi connectivity index (χ4n) is 1.05. The number of hydrogen-bond donors (Lipinski definition) is 0. The Bertz CT molecular complexity index is 373. The van der Waals surface area contributed by atoms with Crippen molar-refractivity contribution in [3.63, 3.8) is 0 Å². The SMILES string of the molecule is CC(=O)c1ccc(C(Br)OC(F)(F)F)cc1. The van der Waals surface area contributed by atoms with E-state index in [-0.39, 0.29) is 5.78 Å². The maximum Gasteiger partial charge on any atom is 0.523 e. The summed E-state index contributed by atoms with van der Waals surface area (Å²) < 4.78 is 39.4. The fraction of sp³-hybridized carbons (Fsp3) is 0.300. The molecule has 0 amide bonds. The number of halogens is 4. The first-order valence-corrected chi connectivity index (χ1v) is 5.20. The third-order valence-electron chi connectivity index (χ3n) is 1.82. The number of Topliss-reactive ketones (excluding diaryl/α,β-unsaturated/α-hetero) is 1. The first-order valence-electron chi connectivity index (χ1n) is 4.29. The summed E-state index contributed by atoms with van der Waals surface area (Å²) in [6.07, 6.45) is -4.70. The average Bonchev–Trinajstić information content (AvgIpc) is 2.15. The van der Waals surface area contributed by atoms with Gasteiger partial charge in [0.05, 0.1) is 0 Å². The molecular weight excluding hydrogens is 289 g/mol. The van der Waals surface area contributed by atoms with Gasteiger partial charge in [-0.25, -0.2) is 0 Å². The highest BCUT2D eigenvalue weighted by Gasteiger charge is 2.33. The van der Waals surface area contributed by atoms with E-state index in [1.54, 1.807) is 0 Å². The van der Waals surface area contributed by atoms with Crippen molar-refractivity contribution in [2.24, 2.45) is 0 Å². The number of carbonyl (C=O) groups is 1. The molecule has 6 heteroatoms. The number of rotatable bonds is 3. The van der Waals surface area contributed by atoms with Gasteiger partial charge in [-0.15, -0.1) is 13.2 Å². The van der Waals surface area contributed by atoms with Crippen LogP contribution in [0.5, 0.6) is 0 Å². The van der Waals surface area contributed by atoms with Gasteiger partial charge in [0.1, 0.15) is 5.01 Å². The molecule has 0 aliphatic carbocycles. The molecule has 0 bridgehead atoms. The van der Waals surface area contributed by atoms with E-state index in [9.17, 15) is 18.0 Å². The smallest absolute Gasteiger partial charge is 0.295 e. The average molecular weight is 297 g/mol. The topological polar surface area (TPSA) is 26.3 Å². The molecule has 16 heavy (non-hydrogen) atoms. The van der Waals surface area contributed by atoms with Crippen molar-refractivity contribution >= 4 is 21.7 Å². The summed E-state index contributed by atoms with van der Waals surface area (Å²) >= 11 is 2.76. The molecule has 0 heterocycles. The van der Waals surface area contributed by atoms with E-state index >= 15 is 0 Å². The lowest BCUT2D eigenvalue weighted by Gasteiger charge is -2.13. The van der Waals surface area contributed by atoms with Gasteiger partial charge in [0.2, 0.25) is 0 Å². The second kappa shape index (κ2) is 4.97. The number of ether oxygens (including phenoxy) is 1. The van der Waals surface area contributed by atoms with E-state index in [0.29, 0.717) is 11.1 Å². The molecule has 1 rings (SSSR count). The maximum atomic E-state index is 11.9. The summed E-state index contributed by atoms with van der Waals surface area (Å²) in [5.41, 5.74) is 0.734. The fourth-order valence-corrected chi connectivity index (χ4v) is 1.57. The first kappa shape index (κ1) is 13.2. The molecule has 0 fully saturated rings. The number of ketones is 1. The molecule has 1 aromatic rings. The Morgan fingerprint density at radius 1 is 1.31 bits per heavy atom. The number of hydrogen-bond acceptors (Lipinski definition) is 2. The zero-order valence-electron chi connectivity index (χ0n) is 8.22. The zero-order valence-corrected chi connectivity index (χ0v) is 9.80. The highest BCUT2D eigenvalue weighted by atomic mass is 79.9. The predicted molar refractivity (Wildman–Crippen MR) is 55.3 cm³/mol. The number of carbonyl (C=O) groups excluding carboxylic acids is 1. The van der Waals surface area contributed by atoms with Crippen LogP contribution in [0, 0.1) is 0 Å². The summed E-state index contributed by atoms with van der Waals surface area (Å²) in [5.74, 6) is -0.144. The van der Waals surface area contributed by atoms with Gasteiger partial charge in [-0.05, 0) is 12.5 Å². The Hall–Kier alpha value is -0.880. The van der Waals surface area contributed by atoms with Crippen LogP contribution in [0.3, 0.4) is 0 Å².